The van der Waals surface area contributed by atoms with Crippen molar-refractivity contribution in [1.29, 1.82) is 0 Å². The van der Waals surface area contributed by atoms with Gasteiger partial charge in [0.1, 0.15) is 0 Å². The first-order chi connectivity index (χ1) is 11.2. The quantitative estimate of drug-likeness (QED) is 0.910. The maximum absolute atomic E-state index is 13.0. The summed E-state index contributed by atoms with van der Waals surface area (Å²) in [6.45, 7) is 2.56. The van der Waals surface area contributed by atoms with E-state index in [-0.39, 0.29) is 12.0 Å². The van der Waals surface area contributed by atoms with Crippen LogP contribution in [0.2, 0.25) is 0 Å². The van der Waals surface area contributed by atoms with Crippen LogP contribution in [0.5, 0.6) is 0 Å². The highest BCUT2D eigenvalue weighted by molar-refractivity contribution is 5.80. The van der Waals surface area contributed by atoms with Gasteiger partial charge in [0.15, 0.2) is 0 Å². The molecule has 0 bridgehead atoms. The van der Waals surface area contributed by atoms with E-state index in [2.05, 4.69) is 35.2 Å². The Balaban J connectivity index is 1.52. The van der Waals surface area contributed by atoms with Gasteiger partial charge in [0.2, 0.25) is 5.91 Å². The van der Waals surface area contributed by atoms with Gasteiger partial charge in [-0.3, -0.25) is 9.69 Å². The second-order valence-corrected chi connectivity index (χ2v) is 7.27. The van der Waals surface area contributed by atoms with Crippen LogP contribution in [0.25, 0.3) is 0 Å². The third kappa shape index (κ3) is 2.79. The number of benzene rings is 1. The van der Waals surface area contributed by atoms with Gasteiger partial charge in [-0.05, 0) is 44.2 Å². The molecule has 1 amide bonds. The zero-order valence-corrected chi connectivity index (χ0v) is 13.6. The normalized spacial score (nSPS) is 32.2. The number of carbonyl (C=O) groups is 1. The first kappa shape index (κ1) is 15.2. The van der Waals surface area contributed by atoms with Crippen molar-refractivity contribution in [2.45, 2.75) is 50.3 Å². The number of aliphatic hydroxyl groups is 1. The van der Waals surface area contributed by atoms with Gasteiger partial charge in [-0.25, -0.2) is 0 Å². The molecule has 1 aromatic rings. The molecule has 0 saturated carbocycles. The number of amides is 1. The standard InChI is InChI=1S/C19H26N2O2/c22-15-8-11-20(12-9-15)19(23)16-13-18(14-5-2-1-3-6-14)21-10-4-7-17(16)21/h1-3,5-6,15-18,22H,4,7-13H2/t16-,17+,18-/m0/s1. The highest BCUT2D eigenvalue weighted by atomic mass is 16.3. The summed E-state index contributed by atoms with van der Waals surface area (Å²) in [6.07, 6.45) is 4.55. The summed E-state index contributed by atoms with van der Waals surface area (Å²) in [5.74, 6) is 0.463. The Kier molecular flexibility index (Phi) is 4.12. The molecule has 0 aromatic heterocycles. The molecule has 4 nitrogen and oxygen atoms in total. The number of nitrogens with zero attached hydrogens (tertiary/aromatic N) is 2. The number of piperidine rings is 1. The molecule has 0 aliphatic carbocycles. The molecular weight excluding hydrogens is 288 g/mol. The van der Waals surface area contributed by atoms with Crippen molar-refractivity contribution in [2.24, 2.45) is 5.92 Å². The van der Waals surface area contributed by atoms with Crippen LogP contribution < -0.4 is 0 Å². The molecule has 1 N–H and O–H groups in total. The fourth-order valence-corrected chi connectivity index (χ4v) is 4.76. The predicted octanol–water partition coefficient (Wildman–Crippen LogP) is 2.20. The zero-order valence-electron chi connectivity index (χ0n) is 13.6. The molecule has 3 aliphatic rings. The fraction of sp³-hybridized carbons (Fsp3) is 0.632. The average Bonchev–Trinajstić information content (AvgIpc) is 3.18. The van der Waals surface area contributed by atoms with Gasteiger partial charge in [-0.1, -0.05) is 30.3 Å². The maximum atomic E-state index is 13.0. The van der Waals surface area contributed by atoms with Gasteiger partial charge in [0.05, 0.1) is 12.0 Å². The van der Waals surface area contributed by atoms with Crippen molar-refractivity contribution in [3.05, 3.63) is 35.9 Å². The molecule has 4 rings (SSSR count). The van der Waals surface area contributed by atoms with E-state index < -0.39 is 0 Å². The lowest BCUT2D eigenvalue weighted by Gasteiger charge is -2.33. The smallest absolute Gasteiger partial charge is 0.227 e. The number of hydrogen-bond donors (Lipinski definition) is 1. The molecule has 0 spiro atoms. The van der Waals surface area contributed by atoms with E-state index in [9.17, 15) is 9.90 Å². The second kappa shape index (κ2) is 6.25. The van der Waals surface area contributed by atoms with E-state index in [4.69, 9.17) is 0 Å². The van der Waals surface area contributed by atoms with Crippen molar-refractivity contribution >= 4 is 5.91 Å². The molecule has 3 fully saturated rings. The number of likely N-dealkylation sites (tertiary alicyclic amines) is 1. The van der Waals surface area contributed by atoms with E-state index in [1.54, 1.807) is 0 Å². The predicted molar refractivity (Wildman–Crippen MR) is 88.8 cm³/mol. The number of aliphatic hydroxyl groups excluding tert-OH is 1. The highest BCUT2D eigenvalue weighted by Crippen LogP contribution is 2.45. The summed E-state index contributed by atoms with van der Waals surface area (Å²) in [4.78, 5) is 17.6. The fourth-order valence-electron chi connectivity index (χ4n) is 4.76. The Morgan fingerprint density at radius 3 is 2.52 bits per heavy atom. The molecule has 0 unspecified atom stereocenters. The van der Waals surface area contributed by atoms with Crippen molar-refractivity contribution in [3.8, 4) is 0 Å². The Hall–Kier alpha value is -1.39. The van der Waals surface area contributed by atoms with Crippen LogP contribution in [-0.2, 0) is 4.79 Å². The van der Waals surface area contributed by atoms with Crippen LogP contribution >= 0.6 is 0 Å². The molecule has 4 heteroatoms. The molecular formula is C19H26N2O2. The Morgan fingerprint density at radius 2 is 1.78 bits per heavy atom. The minimum atomic E-state index is -0.220. The van der Waals surface area contributed by atoms with Crippen molar-refractivity contribution in [2.75, 3.05) is 19.6 Å². The van der Waals surface area contributed by atoms with Crippen LogP contribution in [-0.4, -0.2) is 52.6 Å². The first-order valence-corrected chi connectivity index (χ1v) is 9.01. The number of hydrogen-bond acceptors (Lipinski definition) is 3. The van der Waals surface area contributed by atoms with E-state index in [1.165, 1.54) is 12.0 Å². The summed E-state index contributed by atoms with van der Waals surface area (Å²) in [5, 5.41) is 9.67. The number of fused-ring (bicyclic) bond motifs is 1. The lowest BCUT2D eigenvalue weighted by molar-refractivity contribution is -0.138. The molecule has 124 valence electrons. The van der Waals surface area contributed by atoms with Gasteiger partial charge in [-0.15, -0.1) is 0 Å². The number of carbonyl (C=O) groups excluding carboxylic acids is 1. The third-order valence-corrected chi connectivity index (χ3v) is 5.96. The molecule has 3 saturated heterocycles. The molecule has 23 heavy (non-hydrogen) atoms. The Morgan fingerprint density at radius 1 is 1.04 bits per heavy atom. The first-order valence-electron chi connectivity index (χ1n) is 9.01. The van der Waals surface area contributed by atoms with Gasteiger partial charge in [0, 0.05) is 25.2 Å². The van der Waals surface area contributed by atoms with Gasteiger partial charge in [0.25, 0.3) is 0 Å². The number of rotatable bonds is 2. The summed E-state index contributed by atoms with van der Waals surface area (Å²) >= 11 is 0. The molecule has 0 radical (unpaired) electrons. The van der Waals surface area contributed by atoms with Crippen molar-refractivity contribution in [1.82, 2.24) is 9.80 Å². The van der Waals surface area contributed by atoms with E-state index in [0.29, 0.717) is 18.0 Å². The Labute approximate surface area is 138 Å². The van der Waals surface area contributed by atoms with Crippen molar-refractivity contribution in [3.63, 3.8) is 0 Å². The monoisotopic (exact) mass is 314 g/mol. The van der Waals surface area contributed by atoms with E-state index in [0.717, 1.165) is 45.3 Å². The Bertz CT molecular complexity index is 554. The molecule has 1 aromatic carbocycles. The topological polar surface area (TPSA) is 43.8 Å². The minimum Gasteiger partial charge on any atom is -0.393 e. The minimum absolute atomic E-state index is 0.137. The lowest BCUT2D eigenvalue weighted by Crippen LogP contribution is -2.45. The summed E-state index contributed by atoms with van der Waals surface area (Å²) in [7, 11) is 0. The average molecular weight is 314 g/mol. The summed E-state index contributed by atoms with van der Waals surface area (Å²) in [5.41, 5.74) is 1.35. The molecule has 3 heterocycles. The SMILES string of the molecule is O=C([C@H]1C[C@@H](c2ccccc2)N2CCC[C@H]12)N1CCC(O)CC1. The highest BCUT2D eigenvalue weighted by Gasteiger charge is 2.48. The maximum Gasteiger partial charge on any atom is 0.227 e. The van der Waals surface area contributed by atoms with E-state index >= 15 is 0 Å². The van der Waals surface area contributed by atoms with E-state index in [1.807, 2.05) is 4.90 Å². The van der Waals surface area contributed by atoms with Gasteiger partial charge >= 0.3 is 0 Å². The van der Waals surface area contributed by atoms with Crippen LogP contribution in [0.15, 0.2) is 30.3 Å². The van der Waals surface area contributed by atoms with Gasteiger partial charge in [-0.2, -0.15) is 0 Å². The largest absolute Gasteiger partial charge is 0.393 e. The van der Waals surface area contributed by atoms with Crippen LogP contribution in [0, 0.1) is 5.92 Å². The zero-order chi connectivity index (χ0) is 15.8. The third-order valence-electron chi connectivity index (χ3n) is 5.96. The molecule has 3 atom stereocenters. The van der Waals surface area contributed by atoms with Crippen molar-refractivity contribution < 1.29 is 9.90 Å². The van der Waals surface area contributed by atoms with Crippen LogP contribution in [0.4, 0.5) is 0 Å². The van der Waals surface area contributed by atoms with Crippen LogP contribution in [0.3, 0.4) is 0 Å². The van der Waals surface area contributed by atoms with Gasteiger partial charge < -0.3 is 10.0 Å². The van der Waals surface area contributed by atoms with Crippen LogP contribution in [0.1, 0.15) is 43.7 Å². The lowest BCUT2D eigenvalue weighted by atomic mass is 9.92. The second-order valence-electron chi connectivity index (χ2n) is 7.27. The molecule has 3 aliphatic heterocycles. The summed E-state index contributed by atoms with van der Waals surface area (Å²) in [6, 6.07) is 11.5. The summed E-state index contributed by atoms with van der Waals surface area (Å²) < 4.78 is 0.